The number of benzene rings is 1. The van der Waals surface area contributed by atoms with Crippen LogP contribution >= 0.6 is 0 Å². The molecule has 1 saturated carbocycles. The molecule has 0 saturated heterocycles. The Kier molecular flexibility index (Phi) is 6.90. The van der Waals surface area contributed by atoms with Crippen LogP contribution in [0, 0.1) is 5.92 Å². The second-order valence-electron chi connectivity index (χ2n) is 7.68. The molecule has 1 unspecified atom stereocenters. The first-order valence-corrected chi connectivity index (χ1v) is 10.3. The van der Waals surface area contributed by atoms with E-state index in [1.165, 1.54) is 26.2 Å². The summed E-state index contributed by atoms with van der Waals surface area (Å²) in [5, 5.41) is 8.29. The lowest BCUT2D eigenvalue weighted by atomic mass is 9.90. The highest BCUT2D eigenvalue weighted by molar-refractivity contribution is 5.95. The van der Waals surface area contributed by atoms with Crippen LogP contribution in [-0.2, 0) is 14.3 Å². The van der Waals surface area contributed by atoms with Crippen molar-refractivity contribution in [2.75, 3.05) is 11.9 Å². The van der Waals surface area contributed by atoms with Gasteiger partial charge in [-0.2, -0.15) is 0 Å². The Morgan fingerprint density at radius 1 is 1.14 bits per heavy atom. The van der Waals surface area contributed by atoms with Gasteiger partial charge < -0.3 is 20.7 Å². The monoisotopic (exact) mass is 399 g/mol. The summed E-state index contributed by atoms with van der Waals surface area (Å²) in [4.78, 5) is 36.3. The van der Waals surface area contributed by atoms with Gasteiger partial charge in [-0.05, 0) is 42.9 Å². The molecule has 1 atom stereocenters. The number of carbonyl (C=O) groups excluding carboxylic acids is 3. The van der Waals surface area contributed by atoms with E-state index >= 15 is 0 Å². The minimum atomic E-state index is -0.594. The van der Waals surface area contributed by atoms with E-state index in [0.29, 0.717) is 35.9 Å². The average Bonchev–Trinajstić information content (AvgIpc) is 2.72. The highest BCUT2D eigenvalue weighted by Gasteiger charge is 2.33. The first-order chi connectivity index (χ1) is 14.0. The maximum Gasteiger partial charge on any atom is 0.338 e. The Labute approximate surface area is 171 Å². The summed E-state index contributed by atoms with van der Waals surface area (Å²) >= 11 is 0. The lowest BCUT2D eigenvalue weighted by Gasteiger charge is -2.30. The van der Waals surface area contributed by atoms with Crippen LogP contribution in [0.15, 0.2) is 35.5 Å². The Hall–Kier alpha value is -2.83. The fraction of sp³-hybridized carbons (Fsp3) is 0.500. The highest BCUT2D eigenvalue weighted by atomic mass is 16.5. The van der Waals surface area contributed by atoms with Gasteiger partial charge in [-0.1, -0.05) is 38.3 Å². The van der Waals surface area contributed by atoms with E-state index in [1.807, 2.05) is 6.92 Å². The molecule has 0 spiro atoms. The van der Waals surface area contributed by atoms with Gasteiger partial charge in [-0.25, -0.2) is 9.59 Å². The summed E-state index contributed by atoms with van der Waals surface area (Å²) < 4.78 is 5.67. The van der Waals surface area contributed by atoms with Gasteiger partial charge >= 0.3 is 12.0 Å². The fourth-order valence-corrected chi connectivity index (χ4v) is 3.98. The van der Waals surface area contributed by atoms with Gasteiger partial charge in [-0.15, -0.1) is 0 Å². The number of urea groups is 1. The van der Waals surface area contributed by atoms with E-state index in [0.717, 1.165) is 18.4 Å². The SMILES string of the molecule is CCC1=C(C(=O)OCC2CCCCC2)C(c2ccc(NC(C)=O)cc2)NC(=O)N1. The van der Waals surface area contributed by atoms with Crippen LogP contribution < -0.4 is 16.0 Å². The smallest absolute Gasteiger partial charge is 0.338 e. The Morgan fingerprint density at radius 2 is 1.83 bits per heavy atom. The average molecular weight is 399 g/mol. The van der Waals surface area contributed by atoms with Crippen LogP contribution in [0.4, 0.5) is 10.5 Å². The maximum absolute atomic E-state index is 13.0. The molecule has 2 aliphatic rings. The third kappa shape index (κ3) is 5.37. The van der Waals surface area contributed by atoms with E-state index in [-0.39, 0.29) is 11.9 Å². The van der Waals surface area contributed by atoms with Crippen LogP contribution in [0.1, 0.15) is 64.0 Å². The zero-order valence-electron chi connectivity index (χ0n) is 17.0. The summed E-state index contributed by atoms with van der Waals surface area (Å²) in [6, 6.07) is 6.15. The number of ether oxygens (including phenoxy) is 1. The lowest BCUT2D eigenvalue weighted by Crippen LogP contribution is -2.46. The molecule has 3 N–H and O–H groups in total. The molecule has 7 heteroatoms. The van der Waals surface area contributed by atoms with Crippen molar-refractivity contribution in [1.82, 2.24) is 10.6 Å². The number of amides is 3. The first-order valence-electron chi connectivity index (χ1n) is 10.3. The third-order valence-electron chi connectivity index (χ3n) is 5.47. The molecule has 7 nitrogen and oxygen atoms in total. The molecule has 1 heterocycles. The standard InChI is InChI=1S/C22H29N3O4/c1-3-18-19(21(27)29-13-15-7-5-4-6-8-15)20(25-22(28)24-18)16-9-11-17(12-10-16)23-14(2)26/h9-12,15,20H,3-8,13H2,1-2H3,(H,23,26)(H2,24,25,28). The molecule has 1 fully saturated rings. The van der Waals surface area contributed by atoms with Gasteiger partial charge in [0.15, 0.2) is 0 Å². The molecule has 0 aromatic heterocycles. The summed E-state index contributed by atoms with van der Waals surface area (Å²) in [5.74, 6) is -0.135. The molecule has 0 radical (unpaired) electrons. The number of nitrogens with one attached hydrogen (secondary N) is 3. The molecular formula is C22H29N3O4. The molecular weight excluding hydrogens is 370 g/mol. The van der Waals surface area contributed by atoms with Crippen molar-refractivity contribution in [3.8, 4) is 0 Å². The van der Waals surface area contributed by atoms with Gasteiger partial charge in [0.05, 0.1) is 18.2 Å². The van der Waals surface area contributed by atoms with Crippen LogP contribution in [-0.4, -0.2) is 24.5 Å². The first kappa shape index (κ1) is 20.9. The zero-order valence-corrected chi connectivity index (χ0v) is 17.0. The molecule has 1 aliphatic carbocycles. The fourth-order valence-electron chi connectivity index (χ4n) is 3.98. The molecule has 0 bridgehead atoms. The second-order valence-corrected chi connectivity index (χ2v) is 7.68. The largest absolute Gasteiger partial charge is 0.462 e. The van der Waals surface area contributed by atoms with Crippen molar-refractivity contribution in [2.24, 2.45) is 5.92 Å². The minimum Gasteiger partial charge on any atom is -0.462 e. The predicted molar refractivity (Wildman–Crippen MR) is 110 cm³/mol. The Morgan fingerprint density at radius 3 is 2.45 bits per heavy atom. The van der Waals surface area contributed by atoms with Gasteiger partial charge in [-0.3, -0.25) is 4.79 Å². The van der Waals surface area contributed by atoms with Crippen molar-refractivity contribution in [2.45, 2.75) is 58.4 Å². The van der Waals surface area contributed by atoms with E-state index in [4.69, 9.17) is 4.74 Å². The van der Waals surface area contributed by atoms with Gasteiger partial charge in [0.1, 0.15) is 0 Å². The van der Waals surface area contributed by atoms with Crippen molar-refractivity contribution in [3.63, 3.8) is 0 Å². The topological polar surface area (TPSA) is 96.5 Å². The number of esters is 1. The maximum atomic E-state index is 13.0. The quantitative estimate of drug-likeness (QED) is 0.634. The molecule has 1 aromatic carbocycles. The predicted octanol–water partition coefficient (Wildman–Crippen LogP) is 3.79. The molecule has 29 heavy (non-hydrogen) atoms. The number of hydrogen-bond donors (Lipinski definition) is 3. The number of allylic oxidation sites excluding steroid dienone is 1. The number of anilines is 1. The molecule has 3 amide bonds. The van der Waals surface area contributed by atoms with Crippen molar-refractivity contribution < 1.29 is 19.1 Å². The van der Waals surface area contributed by atoms with Crippen LogP contribution in [0.3, 0.4) is 0 Å². The van der Waals surface area contributed by atoms with E-state index in [1.54, 1.807) is 24.3 Å². The number of carbonyl (C=O) groups is 3. The third-order valence-corrected chi connectivity index (χ3v) is 5.47. The van der Waals surface area contributed by atoms with Crippen molar-refractivity contribution in [3.05, 3.63) is 41.1 Å². The Balaban J connectivity index is 1.80. The normalized spacial score (nSPS) is 19.9. The van der Waals surface area contributed by atoms with E-state index in [9.17, 15) is 14.4 Å². The summed E-state index contributed by atoms with van der Waals surface area (Å²) in [6.45, 7) is 3.76. The van der Waals surface area contributed by atoms with E-state index < -0.39 is 12.0 Å². The van der Waals surface area contributed by atoms with Gasteiger partial charge in [0.25, 0.3) is 0 Å². The molecule has 1 aliphatic heterocycles. The van der Waals surface area contributed by atoms with E-state index in [2.05, 4.69) is 16.0 Å². The summed E-state index contributed by atoms with van der Waals surface area (Å²) in [5.41, 5.74) is 2.43. The van der Waals surface area contributed by atoms with Crippen LogP contribution in [0.25, 0.3) is 0 Å². The van der Waals surface area contributed by atoms with Gasteiger partial charge in [0.2, 0.25) is 5.91 Å². The summed E-state index contributed by atoms with van der Waals surface area (Å²) in [7, 11) is 0. The lowest BCUT2D eigenvalue weighted by molar-refractivity contribution is -0.141. The Bertz CT molecular complexity index is 795. The molecule has 3 rings (SSSR count). The van der Waals surface area contributed by atoms with Crippen LogP contribution in [0.2, 0.25) is 0 Å². The summed E-state index contributed by atoms with van der Waals surface area (Å²) in [6.07, 6.45) is 6.33. The number of hydrogen-bond acceptors (Lipinski definition) is 4. The second kappa shape index (κ2) is 9.58. The number of rotatable bonds is 6. The van der Waals surface area contributed by atoms with Crippen molar-refractivity contribution in [1.29, 1.82) is 0 Å². The molecule has 156 valence electrons. The zero-order chi connectivity index (χ0) is 20.8. The minimum absolute atomic E-state index is 0.159. The van der Waals surface area contributed by atoms with Crippen molar-refractivity contribution >= 4 is 23.6 Å². The van der Waals surface area contributed by atoms with Crippen LogP contribution in [0.5, 0.6) is 0 Å². The highest BCUT2D eigenvalue weighted by Crippen LogP contribution is 2.30. The molecule has 1 aromatic rings. The van der Waals surface area contributed by atoms with Gasteiger partial charge in [0, 0.05) is 18.3 Å².